The molecule has 0 fully saturated rings. The van der Waals surface area contributed by atoms with Crippen molar-refractivity contribution in [1.82, 2.24) is 5.32 Å². The number of amides is 1. The van der Waals surface area contributed by atoms with Gasteiger partial charge < -0.3 is 30.1 Å². The summed E-state index contributed by atoms with van der Waals surface area (Å²) < 4.78 is 9.76. The van der Waals surface area contributed by atoms with Crippen molar-refractivity contribution < 1.29 is 29.6 Å². The molecule has 0 aliphatic heterocycles. The normalized spacial score (nSPS) is 15.2. The first kappa shape index (κ1) is 25.5. The van der Waals surface area contributed by atoms with Gasteiger partial charge in [-0.15, -0.1) is 0 Å². The van der Waals surface area contributed by atoms with Gasteiger partial charge in [0.2, 0.25) is 5.91 Å². The lowest BCUT2D eigenvalue weighted by Crippen LogP contribution is -2.54. The van der Waals surface area contributed by atoms with Crippen LogP contribution in [-0.4, -0.2) is 66.1 Å². The molecule has 0 spiro atoms. The van der Waals surface area contributed by atoms with Crippen molar-refractivity contribution in [2.75, 3.05) is 20.3 Å². The highest BCUT2D eigenvalue weighted by atomic mass is 35.5. The molecule has 0 aliphatic carbocycles. The molecule has 4 atom stereocenters. The highest BCUT2D eigenvalue weighted by Crippen LogP contribution is 2.27. The van der Waals surface area contributed by atoms with Crippen LogP contribution in [0.1, 0.15) is 12.5 Å². The second-order valence-corrected chi connectivity index (χ2v) is 7.87. The zero-order chi connectivity index (χ0) is 23.0. The minimum atomic E-state index is -1.61. The van der Waals surface area contributed by atoms with E-state index in [0.717, 1.165) is 16.7 Å². The van der Waals surface area contributed by atoms with Crippen LogP contribution in [0.2, 0.25) is 10.0 Å². The van der Waals surface area contributed by atoms with Gasteiger partial charge in [-0.3, -0.25) is 4.79 Å². The van der Waals surface area contributed by atoms with Crippen molar-refractivity contribution in [3.8, 4) is 11.1 Å². The molecule has 31 heavy (non-hydrogen) atoms. The summed E-state index contributed by atoms with van der Waals surface area (Å²) in [7, 11) is 1.37. The number of aliphatic hydroxyl groups is 3. The molecule has 0 saturated heterocycles. The van der Waals surface area contributed by atoms with E-state index in [0.29, 0.717) is 10.0 Å². The number of hydrogen-bond acceptors (Lipinski definition) is 6. The number of rotatable bonds is 11. The first-order valence-electron chi connectivity index (χ1n) is 9.74. The monoisotopic (exact) mass is 471 g/mol. The van der Waals surface area contributed by atoms with Crippen molar-refractivity contribution in [3.63, 3.8) is 0 Å². The van der Waals surface area contributed by atoms with Crippen molar-refractivity contribution >= 4 is 29.1 Å². The number of hydrogen-bond donors (Lipinski definition) is 4. The number of benzene rings is 2. The summed E-state index contributed by atoms with van der Waals surface area (Å²) in [5, 5.41) is 34.3. The van der Waals surface area contributed by atoms with E-state index in [1.165, 1.54) is 7.11 Å². The molecule has 0 bridgehead atoms. The average molecular weight is 472 g/mol. The largest absolute Gasteiger partial charge is 0.388 e. The van der Waals surface area contributed by atoms with Gasteiger partial charge in [0.05, 0.1) is 6.04 Å². The molecule has 4 N–H and O–H groups in total. The Morgan fingerprint density at radius 2 is 1.61 bits per heavy atom. The van der Waals surface area contributed by atoms with Gasteiger partial charge in [0.1, 0.15) is 18.8 Å². The summed E-state index contributed by atoms with van der Waals surface area (Å²) in [6.07, 6.45) is -4.48. The number of carbonyl (C=O) groups is 1. The van der Waals surface area contributed by atoms with E-state index < -0.39 is 30.4 Å². The number of halogens is 2. The van der Waals surface area contributed by atoms with E-state index in [1.54, 1.807) is 25.1 Å². The lowest BCUT2D eigenvalue weighted by Gasteiger charge is -2.30. The Bertz CT molecular complexity index is 828. The topological polar surface area (TPSA) is 108 Å². The van der Waals surface area contributed by atoms with Crippen LogP contribution in [0.5, 0.6) is 0 Å². The predicted octanol–water partition coefficient (Wildman–Crippen LogP) is 2.41. The zero-order valence-corrected chi connectivity index (χ0v) is 18.8. The van der Waals surface area contributed by atoms with Crippen LogP contribution >= 0.6 is 23.2 Å². The van der Waals surface area contributed by atoms with Crippen molar-refractivity contribution in [3.05, 3.63) is 58.1 Å². The van der Waals surface area contributed by atoms with E-state index in [-0.39, 0.29) is 19.6 Å². The molecule has 0 radical (unpaired) electrons. The molecular formula is C22H27Cl2NO6. The summed E-state index contributed by atoms with van der Waals surface area (Å²) in [5.74, 6) is -0.463. The second kappa shape index (κ2) is 12.4. The van der Waals surface area contributed by atoms with Crippen molar-refractivity contribution in [1.29, 1.82) is 0 Å². The van der Waals surface area contributed by atoms with Crippen molar-refractivity contribution in [2.45, 2.75) is 37.9 Å². The fourth-order valence-corrected chi connectivity index (χ4v) is 3.65. The Hall–Kier alpha value is -1.71. The van der Waals surface area contributed by atoms with Gasteiger partial charge >= 0.3 is 0 Å². The summed E-state index contributed by atoms with van der Waals surface area (Å²) in [4.78, 5) is 12.0. The Morgan fingerprint density at radius 3 is 2.16 bits per heavy atom. The summed E-state index contributed by atoms with van der Waals surface area (Å²) in [5.41, 5.74) is 2.53. The number of carbonyl (C=O) groups excluding carboxylic acids is 1. The molecule has 2 aromatic rings. The van der Waals surface area contributed by atoms with E-state index in [9.17, 15) is 20.1 Å². The highest BCUT2D eigenvalue weighted by Gasteiger charge is 2.33. The molecule has 7 nitrogen and oxygen atoms in total. The fourth-order valence-electron chi connectivity index (χ4n) is 3.12. The smallest absolute Gasteiger partial charge is 0.246 e. The highest BCUT2D eigenvalue weighted by molar-refractivity contribution is 6.35. The molecule has 170 valence electrons. The lowest BCUT2D eigenvalue weighted by molar-refractivity contribution is -0.190. The molecule has 2 unspecified atom stereocenters. The molecule has 0 heterocycles. The van der Waals surface area contributed by atoms with Crippen LogP contribution in [-0.2, 0) is 20.7 Å². The maximum absolute atomic E-state index is 12.0. The maximum Gasteiger partial charge on any atom is 0.246 e. The van der Waals surface area contributed by atoms with Gasteiger partial charge in [0.25, 0.3) is 0 Å². The maximum atomic E-state index is 12.0. The summed E-state index contributed by atoms with van der Waals surface area (Å²) >= 11 is 12.1. The Balaban J connectivity index is 2.19. The van der Waals surface area contributed by atoms with E-state index >= 15 is 0 Å². The average Bonchev–Trinajstić information content (AvgIpc) is 2.72. The first-order valence-corrected chi connectivity index (χ1v) is 10.5. The Labute approximate surface area is 191 Å². The lowest BCUT2D eigenvalue weighted by atomic mass is 9.95. The van der Waals surface area contributed by atoms with Crippen LogP contribution in [0.25, 0.3) is 11.1 Å². The van der Waals surface area contributed by atoms with Crippen LogP contribution in [0, 0.1) is 0 Å². The van der Waals surface area contributed by atoms with Gasteiger partial charge in [-0.1, -0.05) is 47.5 Å². The van der Waals surface area contributed by atoms with Crippen LogP contribution < -0.4 is 5.32 Å². The van der Waals surface area contributed by atoms with Crippen molar-refractivity contribution in [2.24, 2.45) is 0 Å². The zero-order valence-electron chi connectivity index (χ0n) is 17.3. The summed E-state index contributed by atoms with van der Waals surface area (Å²) in [6, 6.07) is 11.7. The Morgan fingerprint density at radius 1 is 1.00 bits per heavy atom. The number of ether oxygens (including phenoxy) is 2. The fraction of sp³-hybridized carbons (Fsp3) is 0.409. The quantitative estimate of drug-likeness (QED) is 0.374. The molecular weight excluding hydrogens is 445 g/mol. The second-order valence-electron chi connectivity index (χ2n) is 6.99. The van der Waals surface area contributed by atoms with E-state index in [1.807, 2.05) is 24.3 Å². The molecule has 2 aromatic carbocycles. The van der Waals surface area contributed by atoms with Crippen LogP contribution in [0.15, 0.2) is 42.5 Å². The first-order chi connectivity index (χ1) is 14.7. The molecule has 1 amide bonds. The molecule has 2 rings (SSSR count). The van der Waals surface area contributed by atoms with E-state index in [2.05, 4.69) is 5.32 Å². The van der Waals surface area contributed by atoms with Crippen LogP contribution in [0.4, 0.5) is 0 Å². The number of methoxy groups -OCH3 is 1. The molecule has 0 saturated carbocycles. The third-order valence-electron chi connectivity index (χ3n) is 4.62. The van der Waals surface area contributed by atoms with E-state index in [4.69, 9.17) is 32.7 Å². The minimum absolute atomic E-state index is 0.153. The standard InChI is InChI=1S/C22H27Cl2NO6/c1-3-31-22(29)21(28)20(27)18(25-19(26)12-30-2)8-13-4-6-14(7-5-13)15-9-16(23)11-17(24)10-15/h4-7,9-11,18,20-22,27-29H,3,8,12H2,1-2H3,(H,25,26)/t18?,20-,21+,22?/m0/s1. The third kappa shape index (κ3) is 7.73. The number of nitrogens with one attached hydrogen (secondary N) is 1. The Kier molecular flexibility index (Phi) is 10.2. The molecule has 9 heteroatoms. The predicted molar refractivity (Wildman–Crippen MR) is 119 cm³/mol. The van der Waals surface area contributed by atoms with Gasteiger partial charge in [-0.25, -0.2) is 0 Å². The number of aliphatic hydroxyl groups excluding tert-OH is 3. The molecule has 0 aliphatic rings. The SMILES string of the molecule is CCOC(O)[C@H](O)[C@@H](O)C(Cc1ccc(-c2cc(Cl)cc(Cl)c2)cc1)NC(=O)COC. The molecule has 0 aromatic heterocycles. The van der Waals surface area contributed by atoms with Gasteiger partial charge in [-0.2, -0.15) is 0 Å². The summed E-state index contributed by atoms with van der Waals surface area (Å²) in [6.45, 7) is 1.59. The van der Waals surface area contributed by atoms with Gasteiger partial charge in [-0.05, 0) is 48.2 Å². The minimum Gasteiger partial charge on any atom is -0.388 e. The van der Waals surface area contributed by atoms with Gasteiger partial charge in [0.15, 0.2) is 6.29 Å². The third-order valence-corrected chi connectivity index (χ3v) is 5.06. The van der Waals surface area contributed by atoms with Gasteiger partial charge in [0, 0.05) is 23.8 Å². The van der Waals surface area contributed by atoms with Crippen LogP contribution in [0.3, 0.4) is 0 Å².